The van der Waals surface area contributed by atoms with Gasteiger partial charge in [-0.2, -0.15) is 5.10 Å². The van der Waals surface area contributed by atoms with Crippen molar-refractivity contribution in [3.63, 3.8) is 0 Å². The number of amides is 1. The first-order chi connectivity index (χ1) is 14.3. The molecule has 4 aromatic rings. The van der Waals surface area contributed by atoms with E-state index in [2.05, 4.69) is 15.1 Å². The van der Waals surface area contributed by atoms with Crippen molar-refractivity contribution < 1.29 is 13.2 Å². The summed E-state index contributed by atoms with van der Waals surface area (Å²) in [6, 6.07) is 18.6. The van der Waals surface area contributed by atoms with Crippen LogP contribution in [0.4, 0.5) is 5.69 Å². The molecule has 0 saturated carbocycles. The molecule has 0 atom stereocenters. The molecule has 154 valence electrons. The molecule has 9 heteroatoms. The first kappa shape index (κ1) is 20.1. The quantitative estimate of drug-likeness (QED) is 0.478. The molecule has 0 bridgehead atoms. The highest BCUT2D eigenvalue weighted by molar-refractivity contribution is 7.92. The summed E-state index contributed by atoms with van der Waals surface area (Å²) in [6.45, 7) is 2.21. The first-order valence-electron chi connectivity index (χ1n) is 9.20. The minimum atomic E-state index is -3.35. The topological polar surface area (TPSA) is 93.1 Å². The third kappa shape index (κ3) is 4.37. The highest BCUT2D eigenvalue weighted by atomic mass is 32.2. The van der Waals surface area contributed by atoms with Crippen molar-refractivity contribution in [1.82, 2.24) is 15.1 Å². The molecule has 0 aliphatic carbocycles. The molecule has 0 saturated heterocycles. The van der Waals surface area contributed by atoms with Crippen molar-refractivity contribution >= 4 is 43.2 Å². The molecule has 2 N–H and O–H groups in total. The Morgan fingerprint density at radius 2 is 1.87 bits per heavy atom. The number of thiophene rings is 1. The summed E-state index contributed by atoms with van der Waals surface area (Å²) < 4.78 is 27.1. The third-order valence-electron chi connectivity index (χ3n) is 4.45. The van der Waals surface area contributed by atoms with Crippen molar-refractivity contribution in [3.8, 4) is 5.69 Å². The van der Waals surface area contributed by atoms with Gasteiger partial charge in [-0.1, -0.05) is 30.3 Å². The Morgan fingerprint density at radius 3 is 2.60 bits per heavy atom. The van der Waals surface area contributed by atoms with Crippen LogP contribution < -0.4 is 10.0 Å². The van der Waals surface area contributed by atoms with Crippen LogP contribution in [0.3, 0.4) is 0 Å². The van der Waals surface area contributed by atoms with Crippen LogP contribution in [0.15, 0.2) is 60.7 Å². The number of hydrogen-bond acceptors (Lipinski definition) is 5. The van der Waals surface area contributed by atoms with Crippen molar-refractivity contribution in [2.45, 2.75) is 13.5 Å². The van der Waals surface area contributed by atoms with Gasteiger partial charge in [0, 0.05) is 17.6 Å². The monoisotopic (exact) mass is 440 g/mol. The molecule has 0 radical (unpaired) electrons. The maximum Gasteiger partial charge on any atom is 0.261 e. The number of nitrogens with one attached hydrogen (secondary N) is 2. The number of sulfonamides is 1. The van der Waals surface area contributed by atoms with Crippen LogP contribution in [0, 0.1) is 6.92 Å². The second-order valence-electron chi connectivity index (χ2n) is 6.92. The minimum absolute atomic E-state index is 0.184. The van der Waals surface area contributed by atoms with Gasteiger partial charge in [0.1, 0.15) is 4.83 Å². The number of nitrogens with zero attached hydrogens (tertiary/aromatic N) is 2. The van der Waals surface area contributed by atoms with Crippen LogP contribution in [-0.4, -0.2) is 30.4 Å². The number of hydrogen-bond donors (Lipinski definition) is 2. The Bertz CT molecular complexity index is 1330. The number of anilines is 1. The number of aromatic nitrogens is 2. The van der Waals surface area contributed by atoms with Gasteiger partial charge >= 0.3 is 0 Å². The van der Waals surface area contributed by atoms with E-state index in [0.717, 1.165) is 33.4 Å². The molecule has 7 nitrogen and oxygen atoms in total. The lowest BCUT2D eigenvalue weighted by Crippen LogP contribution is -2.21. The van der Waals surface area contributed by atoms with E-state index in [1.807, 2.05) is 54.1 Å². The van der Waals surface area contributed by atoms with E-state index < -0.39 is 10.0 Å². The van der Waals surface area contributed by atoms with E-state index in [0.29, 0.717) is 10.6 Å². The maximum atomic E-state index is 12.7. The van der Waals surface area contributed by atoms with Crippen LogP contribution in [0.1, 0.15) is 20.9 Å². The van der Waals surface area contributed by atoms with Gasteiger partial charge in [-0.15, -0.1) is 11.3 Å². The number of aryl methyl sites for hydroxylation is 1. The zero-order valence-electron chi connectivity index (χ0n) is 16.4. The number of benzene rings is 2. The molecule has 2 heterocycles. The summed E-state index contributed by atoms with van der Waals surface area (Å²) in [5, 5.41) is 8.44. The van der Waals surface area contributed by atoms with Crippen LogP contribution in [0.2, 0.25) is 0 Å². The number of rotatable bonds is 6. The van der Waals surface area contributed by atoms with Gasteiger partial charge in [0.25, 0.3) is 5.91 Å². The van der Waals surface area contributed by atoms with Crippen molar-refractivity contribution in [3.05, 3.63) is 76.8 Å². The fourth-order valence-electron chi connectivity index (χ4n) is 3.13. The Hall–Kier alpha value is -3.17. The van der Waals surface area contributed by atoms with Gasteiger partial charge in [-0.3, -0.25) is 9.52 Å². The van der Waals surface area contributed by atoms with Gasteiger partial charge in [-0.25, -0.2) is 13.1 Å². The van der Waals surface area contributed by atoms with Crippen LogP contribution >= 0.6 is 11.3 Å². The smallest absolute Gasteiger partial charge is 0.261 e. The van der Waals surface area contributed by atoms with Gasteiger partial charge < -0.3 is 5.32 Å². The Labute approximate surface area is 178 Å². The van der Waals surface area contributed by atoms with Crippen molar-refractivity contribution in [2.75, 3.05) is 11.0 Å². The zero-order valence-corrected chi connectivity index (χ0v) is 18.0. The molecule has 30 heavy (non-hydrogen) atoms. The minimum Gasteiger partial charge on any atom is -0.347 e. The highest BCUT2D eigenvalue weighted by Crippen LogP contribution is 2.30. The molecule has 2 aromatic carbocycles. The second kappa shape index (κ2) is 7.92. The van der Waals surface area contributed by atoms with Crippen LogP contribution in [-0.2, 0) is 16.6 Å². The van der Waals surface area contributed by atoms with Gasteiger partial charge in [0.2, 0.25) is 10.0 Å². The van der Waals surface area contributed by atoms with E-state index in [1.54, 1.807) is 18.2 Å². The molecule has 0 fully saturated rings. The Kier molecular flexibility index (Phi) is 5.31. The number of carbonyl (C=O) groups excluding carboxylic acids is 1. The molecule has 2 aromatic heterocycles. The average molecular weight is 441 g/mol. The number of fused-ring (bicyclic) bond motifs is 1. The zero-order chi connectivity index (χ0) is 21.3. The second-order valence-corrected chi connectivity index (χ2v) is 9.70. The van der Waals surface area contributed by atoms with E-state index in [4.69, 9.17) is 0 Å². The number of para-hydroxylation sites is 1. The summed E-state index contributed by atoms with van der Waals surface area (Å²) in [6.07, 6.45) is 1.10. The third-order valence-corrected chi connectivity index (χ3v) is 6.17. The summed E-state index contributed by atoms with van der Waals surface area (Å²) >= 11 is 1.39. The average Bonchev–Trinajstić information content (AvgIpc) is 3.27. The molecular weight excluding hydrogens is 420 g/mol. The molecule has 1 amide bonds. The summed E-state index contributed by atoms with van der Waals surface area (Å²) in [7, 11) is -3.35. The molecule has 4 rings (SSSR count). The summed E-state index contributed by atoms with van der Waals surface area (Å²) in [5.41, 5.74) is 3.07. The van der Waals surface area contributed by atoms with Gasteiger partial charge in [-0.05, 0) is 42.8 Å². The van der Waals surface area contributed by atoms with Crippen LogP contribution in [0.5, 0.6) is 0 Å². The van der Waals surface area contributed by atoms with Crippen molar-refractivity contribution in [2.24, 2.45) is 0 Å². The van der Waals surface area contributed by atoms with E-state index in [-0.39, 0.29) is 12.5 Å². The van der Waals surface area contributed by atoms with Crippen LogP contribution in [0.25, 0.3) is 15.9 Å². The maximum absolute atomic E-state index is 12.7. The fraction of sp³-hybridized carbons (Fsp3) is 0.143. The predicted octanol–water partition coefficient (Wildman–Crippen LogP) is 3.70. The highest BCUT2D eigenvalue weighted by Gasteiger charge is 2.17. The van der Waals surface area contributed by atoms with E-state index >= 15 is 0 Å². The largest absolute Gasteiger partial charge is 0.347 e. The Balaban J connectivity index is 1.53. The van der Waals surface area contributed by atoms with E-state index in [1.165, 1.54) is 11.3 Å². The molecule has 0 spiro atoms. The summed E-state index contributed by atoms with van der Waals surface area (Å²) in [5.74, 6) is -0.184. The lowest BCUT2D eigenvalue weighted by Gasteiger charge is -2.07. The lowest BCUT2D eigenvalue weighted by atomic mass is 10.2. The van der Waals surface area contributed by atoms with E-state index in [9.17, 15) is 13.2 Å². The van der Waals surface area contributed by atoms with Crippen molar-refractivity contribution in [1.29, 1.82) is 0 Å². The standard InChI is InChI=1S/C21H20N4O3S2/c1-14-18-12-19(29-21(18)25(23-14)17-9-4-3-5-10-17)20(26)22-13-15-7-6-8-16(11-15)24-30(2,27)28/h3-12,24H,13H2,1-2H3,(H,22,26). The SMILES string of the molecule is Cc1nn(-c2ccccc2)c2sc(C(=O)NCc3cccc(NS(C)(=O)=O)c3)cc12. The lowest BCUT2D eigenvalue weighted by molar-refractivity contribution is 0.0955. The van der Waals surface area contributed by atoms with Gasteiger partial charge in [0.15, 0.2) is 0 Å². The number of carbonyl (C=O) groups is 1. The normalized spacial score (nSPS) is 11.5. The molecule has 0 aliphatic heterocycles. The fourth-order valence-corrected chi connectivity index (χ4v) is 4.79. The molecule has 0 aliphatic rings. The summed E-state index contributed by atoms with van der Waals surface area (Å²) in [4.78, 5) is 14.2. The molecular formula is C21H20N4O3S2. The first-order valence-corrected chi connectivity index (χ1v) is 11.9. The Morgan fingerprint density at radius 1 is 1.10 bits per heavy atom. The van der Waals surface area contributed by atoms with Gasteiger partial charge in [0.05, 0.1) is 22.5 Å². The molecule has 0 unspecified atom stereocenters. The predicted molar refractivity (Wildman–Crippen MR) is 120 cm³/mol.